The Morgan fingerprint density at radius 2 is 1.74 bits per heavy atom. The molecule has 0 saturated carbocycles. The fourth-order valence-corrected chi connectivity index (χ4v) is 3.21. The lowest BCUT2D eigenvalue weighted by molar-refractivity contribution is 0.665. The molecule has 0 bridgehead atoms. The van der Waals surface area contributed by atoms with Crippen molar-refractivity contribution in [2.24, 2.45) is 5.73 Å². The third kappa shape index (κ3) is 4.60. The molecule has 0 saturated heterocycles. The van der Waals surface area contributed by atoms with E-state index in [-0.39, 0.29) is 6.04 Å². The second kappa shape index (κ2) is 6.89. The quantitative estimate of drug-likeness (QED) is 0.766. The maximum atomic E-state index is 6.21. The Morgan fingerprint density at radius 1 is 1.00 bits per heavy atom. The summed E-state index contributed by atoms with van der Waals surface area (Å²) in [6.07, 6.45) is 1.62. The molecule has 2 rings (SSSR count). The van der Waals surface area contributed by atoms with Crippen molar-refractivity contribution in [3.8, 4) is 0 Å². The zero-order valence-electron chi connectivity index (χ0n) is 10.2. The van der Waals surface area contributed by atoms with Gasteiger partial charge in [-0.1, -0.05) is 61.7 Å². The molecule has 0 aromatic heterocycles. The van der Waals surface area contributed by atoms with Crippen LogP contribution in [0.25, 0.3) is 0 Å². The van der Waals surface area contributed by atoms with Gasteiger partial charge in [0.1, 0.15) is 0 Å². The van der Waals surface area contributed by atoms with E-state index < -0.39 is 0 Å². The Bertz CT molecular complexity index is 572. The topological polar surface area (TPSA) is 26.0 Å². The van der Waals surface area contributed by atoms with Crippen molar-refractivity contribution in [3.05, 3.63) is 67.6 Å². The summed E-state index contributed by atoms with van der Waals surface area (Å²) in [6.45, 7) is 0. The van der Waals surface area contributed by atoms with Crippen LogP contribution >= 0.6 is 43.5 Å². The second-order valence-corrected chi connectivity index (χ2v) is 6.77. The lowest BCUT2D eigenvalue weighted by Gasteiger charge is -2.13. The van der Waals surface area contributed by atoms with Gasteiger partial charge in [-0.15, -0.1) is 0 Å². The molecule has 2 aromatic carbocycles. The van der Waals surface area contributed by atoms with Gasteiger partial charge in [0.25, 0.3) is 0 Å². The Hall–Kier alpha value is -0.350. The van der Waals surface area contributed by atoms with E-state index in [4.69, 9.17) is 17.3 Å². The van der Waals surface area contributed by atoms with E-state index in [0.717, 1.165) is 32.4 Å². The summed E-state index contributed by atoms with van der Waals surface area (Å²) in [5.41, 5.74) is 8.53. The SMILES string of the molecule is NC(Cc1cccc(Br)c1)Cc1ccc(Br)cc1Cl. The van der Waals surface area contributed by atoms with Crippen LogP contribution in [0.3, 0.4) is 0 Å². The van der Waals surface area contributed by atoms with Crippen molar-refractivity contribution < 1.29 is 0 Å². The van der Waals surface area contributed by atoms with Crippen molar-refractivity contribution in [1.29, 1.82) is 0 Å². The molecule has 1 unspecified atom stereocenters. The zero-order valence-corrected chi connectivity index (χ0v) is 14.2. The molecule has 0 fully saturated rings. The molecule has 0 heterocycles. The Labute approximate surface area is 135 Å². The third-order valence-corrected chi connectivity index (χ3v) is 4.22. The molecule has 1 nitrogen and oxygen atoms in total. The molecule has 0 amide bonds. The first kappa shape index (κ1) is 15.0. The molecule has 0 spiro atoms. The minimum Gasteiger partial charge on any atom is -0.327 e. The van der Waals surface area contributed by atoms with Gasteiger partial charge < -0.3 is 5.73 Å². The average molecular weight is 404 g/mol. The number of nitrogens with two attached hydrogens (primary N) is 1. The Balaban J connectivity index is 2.03. The maximum Gasteiger partial charge on any atom is 0.0449 e. The predicted molar refractivity (Wildman–Crippen MR) is 88.7 cm³/mol. The monoisotopic (exact) mass is 401 g/mol. The molecular formula is C15H14Br2ClN. The molecule has 0 aliphatic rings. The first-order valence-electron chi connectivity index (χ1n) is 5.98. The highest BCUT2D eigenvalue weighted by Gasteiger charge is 2.09. The van der Waals surface area contributed by atoms with Crippen LogP contribution < -0.4 is 5.73 Å². The minimum absolute atomic E-state index is 0.0629. The third-order valence-electron chi connectivity index (χ3n) is 2.88. The van der Waals surface area contributed by atoms with Crippen molar-refractivity contribution in [2.75, 3.05) is 0 Å². The van der Waals surface area contributed by atoms with Crippen LogP contribution in [0.1, 0.15) is 11.1 Å². The molecule has 0 aliphatic carbocycles. The number of rotatable bonds is 4. The first-order valence-corrected chi connectivity index (χ1v) is 7.95. The van der Waals surface area contributed by atoms with E-state index in [2.05, 4.69) is 44.0 Å². The molecule has 2 N–H and O–H groups in total. The van der Waals surface area contributed by atoms with Gasteiger partial charge in [0.05, 0.1) is 0 Å². The molecule has 0 radical (unpaired) electrons. The van der Waals surface area contributed by atoms with E-state index in [0.29, 0.717) is 0 Å². The van der Waals surface area contributed by atoms with Gasteiger partial charge in [-0.25, -0.2) is 0 Å². The number of benzene rings is 2. The van der Waals surface area contributed by atoms with Crippen LogP contribution in [0.15, 0.2) is 51.4 Å². The molecule has 1 atom stereocenters. The van der Waals surface area contributed by atoms with Gasteiger partial charge in [0, 0.05) is 20.0 Å². The summed E-state index contributed by atoms with van der Waals surface area (Å²) in [5, 5.41) is 0.763. The molecule has 19 heavy (non-hydrogen) atoms. The molecule has 4 heteroatoms. The van der Waals surface area contributed by atoms with Gasteiger partial charge in [0.15, 0.2) is 0 Å². The van der Waals surface area contributed by atoms with Gasteiger partial charge in [-0.2, -0.15) is 0 Å². The van der Waals surface area contributed by atoms with Crippen LogP contribution in [-0.4, -0.2) is 6.04 Å². The largest absolute Gasteiger partial charge is 0.327 e. The number of hydrogen-bond acceptors (Lipinski definition) is 1. The predicted octanol–water partition coefficient (Wildman–Crippen LogP) is 4.98. The normalized spacial score (nSPS) is 12.4. The van der Waals surface area contributed by atoms with E-state index in [9.17, 15) is 0 Å². The van der Waals surface area contributed by atoms with Crippen LogP contribution in [-0.2, 0) is 12.8 Å². The lowest BCUT2D eigenvalue weighted by Crippen LogP contribution is -2.25. The van der Waals surface area contributed by atoms with Crippen LogP contribution in [0.5, 0.6) is 0 Å². The first-order chi connectivity index (χ1) is 9.04. The highest BCUT2D eigenvalue weighted by Crippen LogP contribution is 2.23. The van der Waals surface area contributed by atoms with Crippen LogP contribution in [0, 0.1) is 0 Å². The fourth-order valence-electron chi connectivity index (χ4n) is 2.01. The highest BCUT2D eigenvalue weighted by atomic mass is 79.9. The van der Waals surface area contributed by atoms with Gasteiger partial charge in [-0.05, 0) is 48.2 Å². The summed E-state index contributed by atoms with van der Waals surface area (Å²) in [7, 11) is 0. The Kier molecular flexibility index (Phi) is 5.46. The Morgan fingerprint density at radius 3 is 2.42 bits per heavy atom. The van der Waals surface area contributed by atoms with Crippen molar-refractivity contribution in [1.82, 2.24) is 0 Å². The van der Waals surface area contributed by atoms with Gasteiger partial charge in [-0.3, -0.25) is 0 Å². The van der Waals surface area contributed by atoms with E-state index in [1.165, 1.54) is 5.56 Å². The number of hydrogen-bond donors (Lipinski definition) is 1. The summed E-state index contributed by atoms with van der Waals surface area (Å²) >= 11 is 13.1. The summed E-state index contributed by atoms with van der Waals surface area (Å²) in [4.78, 5) is 0. The van der Waals surface area contributed by atoms with Crippen molar-refractivity contribution >= 4 is 43.5 Å². The maximum absolute atomic E-state index is 6.21. The molecule has 2 aromatic rings. The molecule has 0 aliphatic heterocycles. The highest BCUT2D eigenvalue weighted by molar-refractivity contribution is 9.10. The average Bonchev–Trinajstić information content (AvgIpc) is 2.33. The lowest BCUT2D eigenvalue weighted by atomic mass is 10.00. The summed E-state index contributed by atoms with van der Waals surface area (Å²) in [6, 6.07) is 14.2. The summed E-state index contributed by atoms with van der Waals surface area (Å²) < 4.78 is 2.07. The van der Waals surface area contributed by atoms with E-state index >= 15 is 0 Å². The number of halogens is 3. The molecular weight excluding hydrogens is 389 g/mol. The minimum atomic E-state index is 0.0629. The van der Waals surface area contributed by atoms with Crippen LogP contribution in [0.2, 0.25) is 5.02 Å². The van der Waals surface area contributed by atoms with Crippen LogP contribution in [0.4, 0.5) is 0 Å². The zero-order chi connectivity index (χ0) is 13.8. The van der Waals surface area contributed by atoms with Gasteiger partial charge in [0.2, 0.25) is 0 Å². The summed E-state index contributed by atoms with van der Waals surface area (Å²) in [5.74, 6) is 0. The smallest absolute Gasteiger partial charge is 0.0449 e. The van der Waals surface area contributed by atoms with Crippen molar-refractivity contribution in [3.63, 3.8) is 0 Å². The van der Waals surface area contributed by atoms with Crippen molar-refractivity contribution in [2.45, 2.75) is 18.9 Å². The van der Waals surface area contributed by atoms with Gasteiger partial charge >= 0.3 is 0 Å². The van der Waals surface area contributed by atoms with E-state index in [1.807, 2.05) is 30.3 Å². The molecule has 100 valence electrons. The second-order valence-electron chi connectivity index (χ2n) is 4.53. The van der Waals surface area contributed by atoms with E-state index in [1.54, 1.807) is 0 Å². The fraction of sp³-hybridized carbons (Fsp3) is 0.200. The standard InChI is InChI=1S/C15H14Br2ClN/c16-12-3-1-2-10(6-12)7-14(19)8-11-4-5-13(17)9-15(11)18/h1-6,9,14H,7-8,19H2.